The SMILES string of the molecule is CCC1(O)CN(S(=O)(=O)c2c(Cl)cc(Br)cc2Cl)C1. The van der Waals surface area contributed by atoms with Gasteiger partial charge in [-0.2, -0.15) is 4.31 Å². The van der Waals surface area contributed by atoms with Gasteiger partial charge in [-0.15, -0.1) is 0 Å². The Morgan fingerprint density at radius 3 is 2.26 bits per heavy atom. The predicted octanol–water partition coefficient (Wildman–Crippen LogP) is 2.90. The Balaban J connectivity index is 2.38. The lowest BCUT2D eigenvalue weighted by atomic mass is 9.94. The van der Waals surface area contributed by atoms with Crippen LogP contribution in [0.5, 0.6) is 0 Å². The fraction of sp³-hybridized carbons (Fsp3) is 0.455. The van der Waals surface area contributed by atoms with E-state index in [4.69, 9.17) is 23.2 Å². The van der Waals surface area contributed by atoms with Crippen molar-refractivity contribution in [3.8, 4) is 0 Å². The van der Waals surface area contributed by atoms with Crippen molar-refractivity contribution in [3.05, 3.63) is 26.7 Å². The highest BCUT2D eigenvalue weighted by Gasteiger charge is 2.47. The maximum atomic E-state index is 12.4. The van der Waals surface area contributed by atoms with Crippen molar-refractivity contribution in [2.75, 3.05) is 13.1 Å². The molecule has 19 heavy (non-hydrogen) atoms. The van der Waals surface area contributed by atoms with E-state index in [0.717, 1.165) is 0 Å². The van der Waals surface area contributed by atoms with Gasteiger partial charge in [0.25, 0.3) is 0 Å². The summed E-state index contributed by atoms with van der Waals surface area (Å²) in [5.41, 5.74) is -0.943. The Labute approximate surface area is 130 Å². The summed E-state index contributed by atoms with van der Waals surface area (Å²) in [6.45, 7) is 1.94. The van der Waals surface area contributed by atoms with Crippen molar-refractivity contribution < 1.29 is 13.5 Å². The second-order valence-electron chi connectivity index (χ2n) is 4.55. The minimum absolute atomic E-state index is 0.0614. The molecule has 0 atom stereocenters. The molecule has 0 aromatic heterocycles. The van der Waals surface area contributed by atoms with Crippen LogP contribution in [-0.4, -0.2) is 36.5 Å². The lowest BCUT2D eigenvalue weighted by molar-refractivity contribution is -0.0613. The third-order valence-electron chi connectivity index (χ3n) is 3.16. The van der Waals surface area contributed by atoms with Gasteiger partial charge in [-0.1, -0.05) is 46.1 Å². The second kappa shape index (κ2) is 5.16. The van der Waals surface area contributed by atoms with Crippen molar-refractivity contribution >= 4 is 49.2 Å². The van der Waals surface area contributed by atoms with Crippen LogP contribution in [0.15, 0.2) is 21.5 Å². The molecular formula is C11H12BrCl2NO3S. The molecule has 1 aliphatic heterocycles. The van der Waals surface area contributed by atoms with Gasteiger partial charge in [-0.25, -0.2) is 8.42 Å². The molecule has 0 unspecified atom stereocenters. The Morgan fingerprint density at radius 1 is 1.37 bits per heavy atom. The van der Waals surface area contributed by atoms with Crippen molar-refractivity contribution in [3.63, 3.8) is 0 Å². The minimum Gasteiger partial charge on any atom is -0.387 e. The molecule has 0 bridgehead atoms. The summed E-state index contributed by atoms with van der Waals surface area (Å²) in [7, 11) is -3.77. The van der Waals surface area contributed by atoms with E-state index >= 15 is 0 Å². The van der Waals surface area contributed by atoms with E-state index in [0.29, 0.717) is 10.9 Å². The molecule has 0 aliphatic carbocycles. The van der Waals surface area contributed by atoms with E-state index in [2.05, 4.69) is 15.9 Å². The maximum absolute atomic E-state index is 12.4. The van der Waals surface area contributed by atoms with E-state index in [1.165, 1.54) is 16.4 Å². The Kier molecular flexibility index (Phi) is 4.22. The maximum Gasteiger partial charge on any atom is 0.246 e. The molecule has 0 radical (unpaired) electrons. The molecule has 4 nitrogen and oxygen atoms in total. The van der Waals surface area contributed by atoms with Gasteiger partial charge in [0.05, 0.1) is 15.6 Å². The van der Waals surface area contributed by atoms with Crippen LogP contribution in [0.1, 0.15) is 13.3 Å². The zero-order chi connectivity index (χ0) is 14.4. The minimum atomic E-state index is -3.77. The van der Waals surface area contributed by atoms with Gasteiger partial charge in [-0.3, -0.25) is 0 Å². The molecule has 1 aromatic carbocycles. The third kappa shape index (κ3) is 2.80. The number of hydrogen-bond acceptors (Lipinski definition) is 3. The van der Waals surface area contributed by atoms with Crippen LogP contribution in [0.2, 0.25) is 10.0 Å². The first-order valence-corrected chi connectivity index (χ1v) is 8.55. The molecule has 1 fully saturated rings. The van der Waals surface area contributed by atoms with Crippen molar-refractivity contribution in [2.24, 2.45) is 0 Å². The van der Waals surface area contributed by atoms with Crippen LogP contribution < -0.4 is 0 Å². The summed E-state index contributed by atoms with van der Waals surface area (Å²) in [6, 6.07) is 2.96. The van der Waals surface area contributed by atoms with E-state index in [1.54, 1.807) is 0 Å². The highest BCUT2D eigenvalue weighted by molar-refractivity contribution is 9.10. The number of β-amino-alcohol motifs (C(OH)–C–C–N with tert-alkyl or cyclic N) is 1. The molecule has 1 heterocycles. The van der Waals surface area contributed by atoms with Crippen molar-refractivity contribution in [1.29, 1.82) is 0 Å². The predicted molar refractivity (Wildman–Crippen MR) is 78.2 cm³/mol. The molecule has 2 rings (SSSR count). The van der Waals surface area contributed by atoms with Gasteiger partial charge < -0.3 is 5.11 Å². The highest BCUT2D eigenvalue weighted by atomic mass is 79.9. The zero-order valence-corrected chi connectivity index (χ0v) is 13.9. The smallest absolute Gasteiger partial charge is 0.246 e. The highest BCUT2D eigenvalue weighted by Crippen LogP contribution is 2.38. The fourth-order valence-corrected chi connectivity index (χ4v) is 5.39. The zero-order valence-electron chi connectivity index (χ0n) is 10.0. The van der Waals surface area contributed by atoms with Crippen molar-refractivity contribution in [1.82, 2.24) is 4.31 Å². The molecule has 1 aromatic rings. The van der Waals surface area contributed by atoms with E-state index < -0.39 is 15.6 Å². The molecule has 1 saturated heterocycles. The Morgan fingerprint density at radius 2 is 1.84 bits per heavy atom. The van der Waals surface area contributed by atoms with Crippen LogP contribution in [-0.2, 0) is 10.0 Å². The first-order chi connectivity index (χ1) is 8.69. The van der Waals surface area contributed by atoms with Crippen molar-refractivity contribution in [2.45, 2.75) is 23.8 Å². The van der Waals surface area contributed by atoms with E-state index in [9.17, 15) is 13.5 Å². The average Bonchev–Trinajstić information content (AvgIpc) is 2.22. The van der Waals surface area contributed by atoms with E-state index in [1.807, 2.05) is 6.92 Å². The van der Waals surface area contributed by atoms with Gasteiger partial charge in [0, 0.05) is 17.6 Å². The fourth-order valence-electron chi connectivity index (χ4n) is 1.91. The monoisotopic (exact) mass is 387 g/mol. The van der Waals surface area contributed by atoms with Crippen LogP contribution in [0.4, 0.5) is 0 Å². The molecule has 1 N–H and O–H groups in total. The third-order valence-corrected chi connectivity index (χ3v) is 6.33. The summed E-state index contributed by atoms with van der Waals surface area (Å²) in [5, 5.41) is 10.0. The largest absolute Gasteiger partial charge is 0.387 e. The quantitative estimate of drug-likeness (QED) is 0.865. The molecule has 8 heteroatoms. The first kappa shape index (κ1) is 15.5. The number of rotatable bonds is 3. The van der Waals surface area contributed by atoms with E-state index in [-0.39, 0.29) is 28.0 Å². The normalized spacial score (nSPS) is 19.2. The average molecular weight is 389 g/mol. The molecule has 106 valence electrons. The lowest BCUT2D eigenvalue weighted by Gasteiger charge is -2.45. The van der Waals surface area contributed by atoms with Gasteiger partial charge in [0.2, 0.25) is 10.0 Å². The molecular weight excluding hydrogens is 377 g/mol. The molecule has 0 spiro atoms. The molecule has 1 aliphatic rings. The topological polar surface area (TPSA) is 57.6 Å². The van der Waals surface area contributed by atoms with Crippen LogP contribution >= 0.6 is 39.1 Å². The standard InChI is InChI=1S/C11H12BrCl2NO3S/c1-2-11(16)5-15(6-11)19(17,18)10-8(13)3-7(12)4-9(10)14/h3-4,16H,2,5-6H2,1H3. The second-order valence-corrected chi connectivity index (χ2v) is 8.15. The van der Waals surface area contributed by atoms with Gasteiger partial charge in [0.15, 0.2) is 0 Å². The van der Waals surface area contributed by atoms with Gasteiger partial charge in [0.1, 0.15) is 4.90 Å². The van der Waals surface area contributed by atoms with Gasteiger partial charge >= 0.3 is 0 Å². The number of halogens is 3. The van der Waals surface area contributed by atoms with Crippen LogP contribution in [0.25, 0.3) is 0 Å². The summed E-state index contributed by atoms with van der Waals surface area (Å²) < 4.78 is 26.6. The summed E-state index contributed by atoms with van der Waals surface area (Å²) in [5.74, 6) is 0. The number of hydrogen-bond donors (Lipinski definition) is 1. The number of nitrogens with zero attached hydrogens (tertiary/aromatic N) is 1. The van der Waals surface area contributed by atoms with Crippen LogP contribution in [0, 0.1) is 0 Å². The summed E-state index contributed by atoms with van der Waals surface area (Å²) in [4.78, 5) is -0.114. The lowest BCUT2D eigenvalue weighted by Crippen LogP contribution is -2.62. The van der Waals surface area contributed by atoms with Gasteiger partial charge in [-0.05, 0) is 18.6 Å². The number of sulfonamides is 1. The molecule has 0 saturated carbocycles. The summed E-state index contributed by atoms with van der Waals surface area (Å²) in [6.07, 6.45) is 0.501. The van der Waals surface area contributed by atoms with Crippen LogP contribution in [0.3, 0.4) is 0 Å². The Hall–Kier alpha value is 0.150. The molecule has 0 amide bonds. The number of benzene rings is 1. The Bertz CT molecular complexity index is 591. The first-order valence-electron chi connectivity index (χ1n) is 5.57. The summed E-state index contributed by atoms with van der Waals surface area (Å²) >= 11 is 15.1. The number of aliphatic hydroxyl groups is 1.